The van der Waals surface area contributed by atoms with Gasteiger partial charge in [0.05, 0.1) is 12.2 Å². The first-order valence-electron chi connectivity index (χ1n) is 5.47. The van der Waals surface area contributed by atoms with Crippen LogP contribution in [-0.2, 0) is 18.3 Å². The van der Waals surface area contributed by atoms with Crippen molar-refractivity contribution >= 4 is 11.9 Å². The molecule has 0 unspecified atom stereocenters. The summed E-state index contributed by atoms with van der Waals surface area (Å²) in [5.74, 6) is 0.750. The molecule has 18 heavy (non-hydrogen) atoms. The first kappa shape index (κ1) is 13.8. The highest BCUT2D eigenvalue weighted by Gasteiger charge is 2.21. The average molecular weight is 249 g/mol. The number of aliphatic carboxylic acids is 1. The Morgan fingerprint density at radius 1 is 1.61 bits per heavy atom. The monoisotopic (exact) mass is 249 g/mol. The Balaban J connectivity index is 2.97. The molecule has 0 saturated heterocycles. The molecule has 1 aromatic heterocycles. The van der Waals surface area contributed by atoms with Crippen LogP contribution in [0.5, 0.6) is 0 Å². The van der Waals surface area contributed by atoms with Gasteiger partial charge in [-0.25, -0.2) is 0 Å². The Labute approximate surface area is 105 Å². The Hall–Kier alpha value is -2.29. The summed E-state index contributed by atoms with van der Waals surface area (Å²) in [6.45, 7) is 1.46. The highest BCUT2D eigenvalue weighted by atomic mass is 16.4. The van der Waals surface area contributed by atoms with Gasteiger partial charge in [0.1, 0.15) is 12.2 Å². The van der Waals surface area contributed by atoms with Crippen molar-refractivity contribution in [1.29, 1.82) is 0 Å². The molecule has 1 rings (SSSR count). The van der Waals surface area contributed by atoms with Crippen LogP contribution in [0, 0.1) is 12.3 Å². The number of nitrogens with zero attached hydrogens (tertiary/aromatic N) is 3. The number of carboxylic acid groups (broad SMARTS) is 1. The number of amides is 1. The van der Waals surface area contributed by atoms with Crippen molar-refractivity contribution in [2.24, 2.45) is 7.05 Å². The number of aryl methyl sites for hydroxylation is 2. The second-order valence-corrected chi connectivity index (χ2v) is 3.76. The lowest BCUT2D eigenvalue weighted by molar-refractivity contribution is -0.137. The molecule has 0 saturated carbocycles. The maximum absolute atomic E-state index is 12.1. The number of aromatic nitrogens is 2. The SMILES string of the molecule is C#CCN(CC(=O)O)C(=O)c1cc(CC)nn1C. The minimum atomic E-state index is -1.10. The van der Waals surface area contributed by atoms with E-state index in [9.17, 15) is 9.59 Å². The van der Waals surface area contributed by atoms with Gasteiger partial charge < -0.3 is 10.0 Å². The largest absolute Gasteiger partial charge is 0.480 e. The third-order valence-electron chi connectivity index (χ3n) is 2.41. The summed E-state index contributed by atoms with van der Waals surface area (Å²) < 4.78 is 1.44. The summed E-state index contributed by atoms with van der Waals surface area (Å²) in [5.41, 5.74) is 1.11. The molecule has 96 valence electrons. The molecule has 1 aromatic rings. The molecule has 0 bridgehead atoms. The van der Waals surface area contributed by atoms with E-state index in [-0.39, 0.29) is 6.54 Å². The van der Waals surface area contributed by atoms with Gasteiger partial charge in [0.2, 0.25) is 0 Å². The van der Waals surface area contributed by atoms with Crippen LogP contribution in [-0.4, -0.2) is 44.8 Å². The van der Waals surface area contributed by atoms with Gasteiger partial charge in [-0.15, -0.1) is 6.42 Å². The Morgan fingerprint density at radius 2 is 2.28 bits per heavy atom. The van der Waals surface area contributed by atoms with E-state index in [4.69, 9.17) is 11.5 Å². The molecule has 0 aromatic carbocycles. The quantitative estimate of drug-likeness (QED) is 0.753. The van der Waals surface area contributed by atoms with Crippen molar-refractivity contribution in [3.05, 3.63) is 17.5 Å². The van der Waals surface area contributed by atoms with Crippen LogP contribution in [0.2, 0.25) is 0 Å². The van der Waals surface area contributed by atoms with Crippen LogP contribution in [0.1, 0.15) is 23.1 Å². The van der Waals surface area contributed by atoms with Crippen LogP contribution >= 0.6 is 0 Å². The van der Waals surface area contributed by atoms with E-state index in [1.165, 1.54) is 4.68 Å². The number of carbonyl (C=O) groups is 2. The van der Waals surface area contributed by atoms with Crippen molar-refractivity contribution in [3.8, 4) is 12.3 Å². The molecule has 0 spiro atoms. The van der Waals surface area contributed by atoms with Crippen molar-refractivity contribution < 1.29 is 14.7 Å². The van der Waals surface area contributed by atoms with Crippen molar-refractivity contribution in [2.45, 2.75) is 13.3 Å². The summed E-state index contributed by atoms with van der Waals surface area (Å²) in [4.78, 5) is 23.9. The molecule has 6 nitrogen and oxygen atoms in total. The second-order valence-electron chi connectivity index (χ2n) is 3.76. The zero-order valence-corrected chi connectivity index (χ0v) is 10.4. The van der Waals surface area contributed by atoms with Gasteiger partial charge in [-0.2, -0.15) is 5.10 Å². The van der Waals surface area contributed by atoms with E-state index in [1.807, 2.05) is 6.92 Å². The van der Waals surface area contributed by atoms with Gasteiger partial charge >= 0.3 is 5.97 Å². The van der Waals surface area contributed by atoms with Crippen molar-refractivity contribution in [2.75, 3.05) is 13.1 Å². The molecule has 1 heterocycles. The van der Waals surface area contributed by atoms with Gasteiger partial charge in [0.25, 0.3) is 5.91 Å². The van der Waals surface area contributed by atoms with Crippen LogP contribution in [0.4, 0.5) is 0 Å². The fourth-order valence-electron chi connectivity index (χ4n) is 1.53. The van der Waals surface area contributed by atoms with Crippen molar-refractivity contribution in [1.82, 2.24) is 14.7 Å². The normalized spacial score (nSPS) is 9.83. The van der Waals surface area contributed by atoms with Gasteiger partial charge in [0.15, 0.2) is 0 Å². The number of carboxylic acids is 1. The number of carbonyl (C=O) groups excluding carboxylic acids is 1. The molecule has 0 aliphatic rings. The summed E-state index contributed by atoms with van der Waals surface area (Å²) in [5, 5.41) is 12.9. The lowest BCUT2D eigenvalue weighted by atomic mass is 10.2. The average Bonchev–Trinajstić information content (AvgIpc) is 2.68. The minimum Gasteiger partial charge on any atom is -0.480 e. The number of rotatable bonds is 5. The van der Waals surface area contributed by atoms with Gasteiger partial charge in [0, 0.05) is 7.05 Å². The maximum Gasteiger partial charge on any atom is 0.323 e. The van der Waals surface area contributed by atoms with Crippen molar-refractivity contribution in [3.63, 3.8) is 0 Å². The number of hydrogen-bond donors (Lipinski definition) is 1. The van der Waals surface area contributed by atoms with E-state index >= 15 is 0 Å². The molecular formula is C12H15N3O3. The third-order valence-corrected chi connectivity index (χ3v) is 2.41. The molecular weight excluding hydrogens is 234 g/mol. The molecule has 1 N–H and O–H groups in total. The molecule has 0 radical (unpaired) electrons. The first-order chi connectivity index (χ1) is 8.49. The zero-order valence-electron chi connectivity index (χ0n) is 10.4. The first-order valence-corrected chi connectivity index (χ1v) is 5.47. The van der Waals surface area contributed by atoms with E-state index in [0.717, 1.165) is 10.6 Å². The zero-order chi connectivity index (χ0) is 13.7. The van der Waals surface area contributed by atoms with Crippen LogP contribution in [0.3, 0.4) is 0 Å². The number of hydrogen-bond acceptors (Lipinski definition) is 3. The Morgan fingerprint density at radius 3 is 2.72 bits per heavy atom. The smallest absolute Gasteiger partial charge is 0.323 e. The van der Waals surface area contributed by atoms with Crippen LogP contribution < -0.4 is 0 Å². The molecule has 0 aliphatic carbocycles. The van der Waals surface area contributed by atoms with Crippen LogP contribution in [0.15, 0.2) is 6.07 Å². The predicted molar refractivity (Wildman–Crippen MR) is 65.0 cm³/mol. The molecule has 0 aliphatic heterocycles. The Bertz CT molecular complexity index is 499. The molecule has 0 atom stereocenters. The van der Waals surface area contributed by atoms with Gasteiger partial charge in [-0.1, -0.05) is 12.8 Å². The molecule has 0 fully saturated rings. The van der Waals surface area contributed by atoms with Crippen LogP contribution in [0.25, 0.3) is 0 Å². The third kappa shape index (κ3) is 3.10. The summed E-state index contributed by atoms with van der Waals surface area (Å²) >= 11 is 0. The standard InChI is InChI=1S/C12H15N3O3/c1-4-6-15(8-11(16)17)12(18)10-7-9(5-2)13-14(10)3/h1,7H,5-6,8H2,2-3H3,(H,16,17). The topological polar surface area (TPSA) is 75.4 Å². The van der Waals surface area contributed by atoms with E-state index in [2.05, 4.69) is 11.0 Å². The lowest BCUT2D eigenvalue weighted by Gasteiger charge is -2.17. The Kier molecular flexibility index (Phi) is 4.49. The fraction of sp³-hybridized carbons (Fsp3) is 0.417. The highest BCUT2D eigenvalue weighted by Crippen LogP contribution is 2.07. The number of terminal acetylenes is 1. The highest BCUT2D eigenvalue weighted by molar-refractivity contribution is 5.94. The van der Waals surface area contributed by atoms with Gasteiger partial charge in [-0.3, -0.25) is 14.3 Å². The summed E-state index contributed by atoms with van der Waals surface area (Å²) in [7, 11) is 1.64. The fourth-order valence-corrected chi connectivity index (χ4v) is 1.53. The molecule has 1 amide bonds. The second kappa shape index (κ2) is 5.87. The van der Waals surface area contributed by atoms with E-state index in [1.54, 1.807) is 13.1 Å². The minimum absolute atomic E-state index is 0.0439. The summed E-state index contributed by atoms with van der Waals surface area (Å²) in [6, 6.07) is 1.65. The van der Waals surface area contributed by atoms with Gasteiger partial charge in [-0.05, 0) is 12.5 Å². The summed E-state index contributed by atoms with van der Waals surface area (Å²) in [6.07, 6.45) is 5.83. The van der Waals surface area contributed by atoms with E-state index < -0.39 is 18.4 Å². The maximum atomic E-state index is 12.1. The predicted octanol–water partition coefficient (Wildman–Crippen LogP) is 0.142. The lowest BCUT2D eigenvalue weighted by Crippen LogP contribution is -2.36. The van der Waals surface area contributed by atoms with E-state index in [0.29, 0.717) is 12.1 Å². The molecule has 6 heteroatoms.